The minimum atomic E-state index is -0.536. The highest BCUT2D eigenvalue weighted by Gasteiger charge is 2.17. The predicted molar refractivity (Wildman–Crippen MR) is 111 cm³/mol. The lowest BCUT2D eigenvalue weighted by molar-refractivity contribution is 0.147. The van der Waals surface area contributed by atoms with Crippen LogP contribution >= 0.6 is 0 Å². The third-order valence-electron chi connectivity index (χ3n) is 3.86. The molecule has 2 aromatic rings. The number of hydrogen-bond acceptors (Lipinski definition) is 4. The number of nitrogens with zero attached hydrogens (tertiary/aromatic N) is 1. The largest absolute Gasteiger partial charge is 0.449 e. The molecule has 0 aromatic heterocycles. The number of nitrogens with one attached hydrogen (secondary N) is 1. The van der Waals surface area contributed by atoms with Gasteiger partial charge in [0.05, 0.1) is 6.61 Å². The summed E-state index contributed by atoms with van der Waals surface area (Å²) in [5.41, 5.74) is 1.28. The van der Waals surface area contributed by atoms with Gasteiger partial charge in [0.2, 0.25) is 0 Å². The molecule has 0 aliphatic carbocycles. The van der Waals surface area contributed by atoms with Crippen LogP contribution in [-0.4, -0.2) is 25.3 Å². The summed E-state index contributed by atoms with van der Waals surface area (Å²) in [5, 5.41) is 2.64. The van der Waals surface area contributed by atoms with E-state index in [4.69, 9.17) is 9.47 Å². The molecule has 28 heavy (non-hydrogen) atoms. The summed E-state index contributed by atoms with van der Waals surface area (Å²) in [7, 11) is 0. The van der Waals surface area contributed by atoms with Gasteiger partial charge in [-0.2, -0.15) is 0 Å². The molecule has 0 saturated carbocycles. The molecule has 0 atom stereocenters. The van der Waals surface area contributed by atoms with Gasteiger partial charge in [-0.15, -0.1) is 0 Å². The first-order valence-electron chi connectivity index (χ1n) is 9.57. The van der Waals surface area contributed by atoms with E-state index in [-0.39, 0.29) is 5.92 Å². The van der Waals surface area contributed by atoms with E-state index in [0.717, 1.165) is 18.5 Å². The van der Waals surface area contributed by atoms with Crippen molar-refractivity contribution in [1.82, 2.24) is 0 Å². The fourth-order valence-electron chi connectivity index (χ4n) is 2.44. The van der Waals surface area contributed by atoms with Crippen LogP contribution in [0, 0.1) is 5.92 Å². The SMILES string of the molecule is CCCCN(C(=O)Oc1cccc(NC(=O)OCC(C)C)c1)c1ccccc1. The Morgan fingerprint density at radius 1 is 1.07 bits per heavy atom. The normalized spacial score (nSPS) is 10.4. The Morgan fingerprint density at radius 2 is 1.82 bits per heavy atom. The molecular weight excluding hydrogens is 356 g/mol. The summed E-state index contributed by atoms with van der Waals surface area (Å²) in [5.74, 6) is 0.606. The summed E-state index contributed by atoms with van der Waals surface area (Å²) in [6, 6.07) is 16.1. The molecule has 0 unspecified atom stereocenters. The van der Waals surface area contributed by atoms with Gasteiger partial charge in [0.15, 0.2) is 0 Å². The van der Waals surface area contributed by atoms with E-state index in [1.165, 1.54) is 0 Å². The first kappa shape index (κ1) is 21.3. The van der Waals surface area contributed by atoms with Crippen molar-refractivity contribution in [3.63, 3.8) is 0 Å². The van der Waals surface area contributed by atoms with Crippen LogP contribution < -0.4 is 15.0 Å². The van der Waals surface area contributed by atoms with Crippen molar-refractivity contribution in [2.24, 2.45) is 5.92 Å². The van der Waals surface area contributed by atoms with Gasteiger partial charge in [-0.05, 0) is 36.6 Å². The highest BCUT2D eigenvalue weighted by atomic mass is 16.6. The molecule has 0 spiro atoms. The molecule has 0 heterocycles. The Balaban J connectivity index is 2.04. The second kappa shape index (κ2) is 11.0. The molecule has 0 radical (unpaired) electrons. The monoisotopic (exact) mass is 384 g/mol. The number of carbonyl (C=O) groups is 2. The lowest BCUT2D eigenvalue weighted by atomic mass is 10.2. The van der Waals surface area contributed by atoms with Crippen LogP contribution in [0.2, 0.25) is 0 Å². The highest BCUT2D eigenvalue weighted by molar-refractivity contribution is 5.89. The van der Waals surface area contributed by atoms with Crippen molar-refractivity contribution in [3.8, 4) is 5.75 Å². The van der Waals surface area contributed by atoms with E-state index in [9.17, 15) is 9.59 Å². The van der Waals surface area contributed by atoms with E-state index < -0.39 is 12.2 Å². The van der Waals surface area contributed by atoms with Crippen LogP contribution in [0.4, 0.5) is 21.0 Å². The van der Waals surface area contributed by atoms with Crippen LogP contribution in [0.1, 0.15) is 33.6 Å². The summed E-state index contributed by atoms with van der Waals surface area (Å²) in [6.07, 6.45) is 0.840. The molecular formula is C22H28N2O4. The molecule has 1 N–H and O–H groups in total. The van der Waals surface area contributed by atoms with Crippen molar-refractivity contribution in [2.45, 2.75) is 33.6 Å². The fraction of sp³-hybridized carbons (Fsp3) is 0.364. The topological polar surface area (TPSA) is 67.9 Å². The predicted octanol–water partition coefficient (Wildman–Crippen LogP) is 5.70. The van der Waals surface area contributed by atoms with Gasteiger partial charge >= 0.3 is 12.2 Å². The number of benzene rings is 2. The molecule has 0 fully saturated rings. The lowest BCUT2D eigenvalue weighted by Crippen LogP contribution is -2.34. The van der Waals surface area contributed by atoms with Crippen LogP contribution in [0.15, 0.2) is 54.6 Å². The van der Waals surface area contributed by atoms with Crippen molar-refractivity contribution >= 4 is 23.6 Å². The number of carbonyl (C=O) groups excluding carboxylic acids is 2. The van der Waals surface area contributed by atoms with Gasteiger partial charge in [0, 0.05) is 24.0 Å². The van der Waals surface area contributed by atoms with Gasteiger partial charge < -0.3 is 9.47 Å². The van der Waals surface area contributed by atoms with Gasteiger partial charge in [-0.25, -0.2) is 9.59 Å². The molecule has 0 aliphatic rings. The molecule has 0 saturated heterocycles. The Kier molecular flexibility index (Phi) is 8.34. The molecule has 2 aromatic carbocycles. The Morgan fingerprint density at radius 3 is 2.50 bits per heavy atom. The second-order valence-corrected chi connectivity index (χ2v) is 6.85. The number of hydrogen-bond donors (Lipinski definition) is 1. The third-order valence-corrected chi connectivity index (χ3v) is 3.86. The molecule has 0 aliphatic heterocycles. The van der Waals surface area contributed by atoms with Gasteiger partial charge in [-0.1, -0.05) is 51.5 Å². The van der Waals surface area contributed by atoms with E-state index in [0.29, 0.717) is 24.6 Å². The zero-order valence-corrected chi connectivity index (χ0v) is 16.7. The standard InChI is InChI=1S/C22H28N2O4/c1-4-5-14-24(19-11-7-6-8-12-19)22(26)28-20-13-9-10-18(15-20)23-21(25)27-16-17(2)3/h6-13,15,17H,4-5,14,16H2,1-3H3,(H,23,25). The molecule has 6 heteroatoms. The van der Waals surface area contributed by atoms with E-state index in [1.807, 2.05) is 44.2 Å². The minimum Gasteiger partial charge on any atom is -0.449 e. The smallest absolute Gasteiger partial charge is 0.419 e. The zero-order chi connectivity index (χ0) is 20.4. The van der Waals surface area contributed by atoms with Gasteiger partial charge in [-0.3, -0.25) is 10.2 Å². The maximum atomic E-state index is 12.7. The second-order valence-electron chi connectivity index (χ2n) is 6.85. The summed E-state index contributed by atoms with van der Waals surface area (Å²) >= 11 is 0. The zero-order valence-electron chi connectivity index (χ0n) is 16.7. The number of anilines is 2. The fourth-order valence-corrected chi connectivity index (χ4v) is 2.44. The maximum Gasteiger partial charge on any atom is 0.419 e. The molecule has 0 bridgehead atoms. The number of rotatable bonds is 8. The molecule has 150 valence electrons. The van der Waals surface area contributed by atoms with Crippen LogP contribution in [0.5, 0.6) is 5.75 Å². The lowest BCUT2D eigenvalue weighted by Gasteiger charge is -2.22. The summed E-state index contributed by atoms with van der Waals surface area (Å²) in [4.78, 5) is 26.1. The average molecular weight is 384 g/mol. The van der Waals surface area contributed by atoms with Crippen molar-refractivity contribution in [2.75, 3.05) is 23.4 Å². The highest BCUT2D eigenvalue weighted by Crippen LogP contribution is 2.21. The molecule has 6 nitrogen and oxygen atoms in total. The van der Waals surface area contributed by atoms with Crippen molar-refractivity contribution in [3.05, 3.63) is 54.6 Å². The number of unbranched alkanes of at least 4 members (excludes halogenated alkanes) is 1. The first-order chi connectivity index (χ1) is 13.5. The maximum absolute atomic E-state index is 12.7. The Labute approximate surface area is 166 Å². The molecule has 2 amide bonds. The van der Waals surface area contributed by atoms with E-state index in [2.05, 4.69) is 12.2 Å². The van der Waals surface area contributed by atoms with Crippen LogP contribution in [0.3, 0.4) is 0 Å². The van der Waals surface area contributed by atoms with Gasteiger partial charge in [0.25, 0.3) is 0 Å². The van der Waals surface area contributed by atoms with Crippen molar-refractivity contribution < 1.29 is 19.1 Å². The number of amides is 2. The van der Waals surface area contributed by atoms with E-state index in [1.54, 1.807) is 29.2 Å². The van der Waals surface area contributed by atoms with Crippen molar-refractivity contribution in [1.29, 1.82) is 0 Å². The third kappa shape index (κ3) is 6.95. The Bertz CT molecular complexity index is 762. The average Bonchev–Trinajstić information content (AvgIpc) is 2.68. The summed E-state index contributed by atoms with van der Waals surface area (Å²) in [6.45, 7) is 6.90. The first-order valence-corrected chi connectivity index (χ1v) is 9.57. The minimum absolute atomic E-state index is 0.255. The Hall–Kier alpha value is -3.02. The number of para-hydroxylation sites is 1. The van der Waals surface area contributed by atoms with Crippen LogP contribution in [-0.2, 0) is 4.74 Å². The molecule has 2 rings (SSSR count). The van der Waals surface area contributed by atoms with E-state index >= 15 is 0 Å². The van der Waals surface area contributed by atoms with Gasteiger partial charge in [0.1, 0.15) is 5.75 Å². The van der Waals surface area contributed by atoms with Crippen LogP contribution in [0.25, 0.3) is 0 Å². The summed E-state index contributed by atoms with van der Waals surface area (Å²) < 4.78 is 10.6. The number of ether oxygens (including phenoxy) is 2. The quantitative estimate of drug-likeness (QED) is 0.634.